The Kier molecular flexibility index (Phi) is 4.50. The molecule has 2 heterocycles. The van der Waals surface area contributed by atoms with E-state index < -0.39 is 0 Å². The highest BCUT2D eigenvalue weighted by Crippen LogP contribution is 2.32. The van der Waals surface area contributed by atoms with Gasteiger partial charge in [0.1, 0.15) is 17.2 Å². The zero-order chi connectivity index (χ0) is 17.9. The highest BCUT2D eigenvalue weighted by Gasteiger charge is 2.18. The molecule has 0 radical (unpaired) electrons. The molecule has 0 fully saturated rings. The summed E-state index contributed by atoms with van der Waals surface area (Å²) in [5, 5.41) is 8.74. The van der Waals surface area contributed by atoms with Crippen molar-refractivity contribution in [3.8, 4) is 28.2 Å². The van der Waals surface area contributed by atoms with Crippen molar-refractivity contribution in [1.82, 2.24) is 20.0 Å². The lowest BCUT2D eigenvalue weighted by molar-refractivity contribution is 0.628. The van der Waals surface area contributed by atoms with E-state index in [-0.39, 0.29) is 5.82 Å². The summed E-state index contributed by atoms with van der Waals surface area (Å²) in [6, 6.07) is 18.2. The Morgan fingerprint density at radius 3 is 2.19 bits per heavy atom. The van der Waals surface area contributed by atoms with Crippen LogP contribution in [0.15, 0.2) is 78.0 Å². The molecule has 0 aliphatic rings. The molecule has 128 valence electrons. The minimum Gasteiger partial charge on any atom is -0.265 e. The molecule has 0 aliphatic carbocycles. The molecule has 0 amide bonds. The first-order chi connectivity index (χ1) is 12.8. The van der Waals surface area contributed by atoms with E-state index in [9.17, 15) is 4.39 Å². The molecular weight excluding hydrogens is 347 g/mol. The topological polar surface area (TPSA) is 43.6 Å². The normalized spacial score (nSPS) is 10.8. The summed E-state index contributed by atoms with van der Waals surface area (Å²) < 4.78 is 15.1. The molecule has 0 bridgehead atoms. The first-order valence-electron chi connectivity index (χ1n) is 8.03. The van der Waals surface area contributed by atoms with Gasteiger partial charge in [0.05, 0.1) is 5.69 Å². The lowest BCUT2D eigenvalue weighted by Gasteiger charge is -2.09. The van der Waals surface area contributed by atoms with Gasteiger partial charge < -0.3 is 0 Å². The summed E-state index contributed by atoms with van der Waals surface area (Å²) in [6.07, 6.45) is 5.51. The van der Waals surface area contributed by atoms with Crippen LogP contribution in [0.4, 0.5) is 4.39 Å². The van der Waals surface area contributed by atoms with Crippen LogP contribution in [-0.2, 0) is 0 Å². The zero-order valence-corrected chi connectivity index (χ0v) is 14.8. The quantitative estimate of drug-likeness (QED) is 0.487. The predicted molar refractivity (Wildman–Crippen MR) is 102 cm³/mol. The summed E-state index contributed by atoms with van der Waals surface area (Å²) in [6.45, 7) is 0. The molecular formula is C20H15FN4S. The number of thioether (sulfide) groups is 1. The lowest BCUT2D eigenvalue weighted by Crippen LogP contribution is -1.99. The Morgan fingerprint density at radius 2 is 1.54 bits per heavy atom. The number of nitrogens with zero attached hydrogens (tertiary/aromatic N) is 4. The average molecular weight is 362 g/mol. The van der Waals surface area contributed by atoms with Crippen LogP contribution in [0.25, 0.3) is 28.2 Å². The first kappa shape index (κ1) is 16.5. The molecule has 0 saturated heterocycles. The van der Waals surface area contributed by atoms with Crippen LogP contribution in [0.3, 0.4) is 0 Å². The predicted octanol–water partition coefficient (Wildman–Crippen LogP) is 4.86. The first-order valence-corrected chi connectivity index (χ1v) is 9.25. The van der Waals surface area contributed by atoms with Crippen molar-refractivity contribution in [2.24, 2.45) is 0 Å². The van der Waals surface area contributed by atoms with Gasteiger partial charge in [0.2, 0.25) is 0 Å². The fourth-order valence-corrected chi connectivity index (χ4v) is 3.17. The summed E-state index contributed by atoms with van der Waals surface area (Å²) in [5.41, 5.74) is 4.21. The van der Waals surface area contributed by atoms with E-state index in [0.29, 0.717) is 5.69 Å². The van der Waals surface area contributed by atoms with Crippen LogP contribution in [0.5, 0.6) is 0 Å². The highest BCUT2D eigenvalue weighted by molar-refractivity contribution is 7.98. The van der Waals surface area contributed by atoms with Gasteiger partial charge in [-0.1, -0.05) is 5.21 Å². The summed E-state index contributed by atoms with van der Waals surface area (Å²) in [7, 11) is 0. The van der Waals surface area contributed by atoms with Crippen molar-refractivity contribution in [3.63, 3.8) is 0 Å². The number of hydrogen-bond donors (Lipinski definition) is 0. The number of hydrogen-bond acceptors (Lipinski definition) is 4. The van der Waals surface area contributed by atoms with E-state index in [1.165, 1.54) is 17.0 Å². The van der Waals surface area contributed by atoms with Gasteiger partial charge in [-0.25, -0.2) is 9.07 Å². The van der Waals surface area contributed by atoms with E-state index in [1.54, 1.807) is 41.0 Å². The second-order valence-corrected chi connectivity index (χ2v) is 6.52. The third kappa shape index (κ3) is 3.11. The zero-order valence-electron chi connectivity index (χ0n) is 14.0. The molecule has 6 heteroatoms. The molecule has 4 rings (SSSR count). The van der Waals surface area contributed by atoms with E-state index in [2.05, 4.69) is 27.4 Å². The molecule has 4 nitrogen and oxygen atoms in total. The van der Waals surface area contributed by atoms with Crippen LogP contribution >= 0.6 is 11.8 Å². The lowest BCUT2D eigenvalue weighted by atomic mass is 10.1. The van der Waals surface area contributed by atoms with Crippen molar-refractivity contribution in [3.05, 3.63) is 78.9 Å². The Balaban J connectivity index is 1.90. The molecule has 0 unspecified atom stereocenters. The number of rotatable bonds is 4. The Morgan fingerprint density at radius 1 is 0.846 bits per heavy atom. The average Bonchev–Trinajstić information content (AvgIpc) is 3.14. The van der Waals surface area contributed by atoms with E-state index in [4.69, 9.17) is 0 Å². The Hall–Kier alpha value is -2.99. The van der Waals surface area contributed by atoms with Gasteiger partial charge in [-0.15, -0.1) is 16.9 Å². The standard InChI is InChI=1S/C20H15FN4S/c1-26-18-8-6-17(7-9-18)25-20(15-10-12-22-13-11-15)19(23-24-25)14-2-4-16(21)5-3-14/h2-13H,1H3. The van der Waals surface area contributed by atoms with Crippen molar-refractivity contribution in [1.29, 1.82) is 0 Å². The van der Waals surface area contributed by atoms with Gasteiger partial charge in [0.15, 0.2) is 0 Å². The second kappa shape index (κ2) is 7.09. The maximum absolute atomic E-state index is 13.3. The minimum absolute atomic E-state index is 0.278. The number of aromatic nitrogens is 4. The van der Waals surface area contributed by atoms with Crippen molar-refractivity contribution in [2.45, 2.75) is 4.90 Å². The fraction of sp³-hybridized carbons (Fsp3) is 0.0500. The van der Waals surface area contributed by atoms with E-state index >= 15 is 0 Å². The number of pyridine rings is 1. The third-order valence-electron chi connectivity index (χ3n) is 4.06. The molecule has 26 heavy (non-hydrogen) atoms. The molecule has 0 spiro atoms. The van der Waals surface area contributed by atoms with Gasteiger partial charge in [-0.3, -0.25) is 4.98 Å². The molecule has 0 aliphatic heterocycles. The fourth-order valence-electron chi connectivity index (χ4n) is 2.76. The van der Waals surface area contributed by atoms with Crippen molar-refractivity contribution >= 4 is 11.8 Å². The van der Waals surface area contributed by atoms with E-state index in [1.807, 2.05) is 30.5 Å². The van der Waals surface area contributed by atoms with E-state index in [0.717, 1.165) is 22.5 Å². The Labute approximate surface area is 154 Å². The largest absolute Gasteiger partial charge is 0.265 e. The van der Waals surface area contributed by atoms with Gasteiger partial charge in [-0.2, -0.15) is 0 Å². The number of halogens is 1. The van der Waals surface area contributed by atoms with Crippen molar-refractivity contribution < 1.29 is 4.39 Å². The molecule has 2 aromatic heterocycles. The van der Waals surface area contributed by atoms with Gasteiger partial charge in [-0.05, 0) is 66.9 Å². The Bertz CT molecular complexity index is 1010. The molecule has 0 saturated carbocycles. The van der Waals surface area contributed by atoms with Crippen LogP contribution in [0.2, 0.25) is 0 Å². The smallest absolute Gasteiger partial charge is 0.123 e. The molecule has 0 N–H and O–H groups in total. The maximum atomic E-state index is 13.3. The summed E-state index contributed by atoms with van der Waals surface area (Å²) >= 11 is 1.69. The monoisotopic (exact) mass is 362 g/mol. The molecule has 4 aromatic rings. The number of benzene rings is 2. The van der Waals surface area contributed by atoms with Gasteiger partial charge in [0.25, 0.3) is 0 Å². The SMILES string of the molecule is CSc1ccc(-n2nnc(-c3ccc(F)cc3)c2-c2ccncc2)cc1. The van der Waals surface area contributed by atoms with Crippen LogP contribution in [0, 0.1) is 5.82 Å². The van der Waals surface area contributed by atoms with Crippen molar-refractivity contribution in [2.75, 3.05) is 6.26 Å². The third-order valence-corrected chi connectivity index (χ3v) is 4.80. The van der Waals surface area contributed by atoms with Gasteiger partial charge in [0, 0.05) is 28.4 Å². The molecule has 2 aromatic carbocycles. The summed E-state index contributed by atoms with van der Waals surface area (Å²) in [4.78, 5) is 5.27. The summed E-state index contributed by atoms with van der Waals surface area (Å²) in [5.74, 6) is -0.278. The molecule has 0 atom stereocenters. The minimum atomic E-state index is -0.278. The highest BCUT2D eigenvalue weighted by atomic mass is 32.2. The van der Waals surface area contributed by atoms with Crippen LogP contribution in [-0.4, -0.2) is 26.2 Å². The second-order valence-electron chi connectivity index (χ2n) is 5.64. The maximum Gasteiger partial charge on any atom is 0.123 e. The van der Waals surface area contributed by atoms with Crippen LogP contribution in [0.1, 0.15) is 0 Å². The van der Waals surface area contributed by atoms with Gasteiger partial charge >= 0.3 is 0 Å². The van der Waals surface area contributed by atoms with Crippen LogP contribution < -0.4 is 0 Å².